The van der Waals surface area contributed by atoms with Gasteiger partial charge in [-0.3, -0.25) is 0 Å². The summed E-state index contributed by atoms with van der Waals surface area (Å²) in [5.41, 5.74) is 1.62. The Morgan fingerprint density at radius 3 is 2.68 bits per heavy atom. The highest BCUT2D eigenvalue weighted by atomic mass is 32.2. The maximum absolute atomic E-state index is 13.6. The lowest BCUT2D eigenvalue weighted by molar-refractivity contribution is 0.314. The van der Waals surface area contributed by atoms with Crippen LogP contribution in [0.5, 0.6) is 5.75 Å². The second-order valence-electron chi connectivity index (χ2n) is 6.76. The molecule has 28 heavy (non-hydrogen) atoms. The molecule has 3 aromatic rings. The van der Waals surface area contributed by atoms with E-state index in [9.17, 15) is 12.8 Å². The summed E-state index contributed by atoms with van der Waals surface area (Å²) in [6.07, 6.45) is 2.99. The van der Waals surface area contributed by atoms with Crippen LogP contribution in [0.2, 0.25) is 0 Å². The summed E-state index contributed by atoms with van der Waals surface area (Å²) in [5.74, 6) is -0.305. The first-order valence-electron chi connectivity index (χ1n) is 9.04. The fourth-order valence-electron chi connectivity index (χ4n) is 3.58. The van der Waals surface area contributed by atoms with Crippen LogP contribution in [-0.2, 0) is 10.0 Å². The Labute approximate surface area is 163 Å². The van der Waals surface area contributed by atoms with Gasteiger partial charge in [-0.2, -0.15) is 4.31 Å². The van der Waals surface area contributed by atoms with E-state index in [4.69, 9.17) is 4.74 Å². The number of nitrogens with zero attached hydrogens (tertiary/aromatic N) is 3. The fraction of sp³-hybridized carbons (Fsp3) is 0.300. The monoisotopic (exact) mass is 401 g/mol. The Bertz CT molecular complexity index is 1110. The van der Waals surface area contributed by atoms with Gasteiger partial charge in [0.05, 0.1) is 7.11 Å². The number of rotatable bonds is 4. The molecule has 0 aliphatic carbocycles. The van der Waals surface area contributed by atoms with E-state index in [1.165, 1.54) is 23.5 Å². The quantitative estimate of drug-likeness (QED) is 0.670. The lowest BCUT2D eigenvalue weighted by Crippen LogP contribution is -2.38. The molecular formula is C20H20FN3O3S. The van der Waals surface area contributed by atoms with Gasteiger partial charge in [0.15, 0.2) is 5.65 Å². The first-order valence-corrected chi connectivity index (χ1v) is 10.5. The Morgan fingerprint density at radius 1 is 1.14 bits per heavy atom. The first-order chi connectivity index (χ1) is 13.5. The summed E-state index contributed by atoms with van der Waals surface area (Å²) in [5, 5.41) is 0.976. The van der Waals surface area contributed by atoms with E-state index in [1.54, 1.807) is 6.20 Å². The van der Waals surface area contributed by atoms with Gasteiger partial charge < -0.3 is 4.74 Å². The smallest absolute Gasteiger partial charge is 0.246 e. The Kier molecular flexibility index (Phi) is 4.99. The molecule has 0 atom stereocenters. The van der Waals surface area contributed by atoms with Gasteiger partial charge in [0.2, 0.25) is 10.0 Å². The third kappa shape index (κ3) is 3.45. The highest BCUT2D eigenvalue weighted by Gasteiger charge is 2.32. The van der Waals surface area contributed by atoms with Crippen LogP contribution in [0.4, 0.5) is 4.39 Å². The van der Waals surface area contributed by atoms with Crippen molar-refractivity contribution < 1.29 is 17.5 Å². The standard InChI is InChI=1S/C20H20FN3O3S/c1-27-18-7-5-16(21)13-19(18)28(25,26)24-11-8-14(9-12-24)17-6-4-15-3-2-10-22-20(15)23-17/h2-7,10,13-14H,8-9,11-12H2,1H3. The molecule has 1 saturated heterocycles. The number of hydrogen-bond donors (Lipinski definition) is 0. The highest BCUT2D eigenvalue weighted by molar-refractivity contribution is 7.89. The van der Waals surface area contributed by atoms with Crippen molar-refractivity contribution in [2.24, 2.45) is 0 Å². The lowest BCUT2D eigenvalue weighted by atomic mass is 9.94. The van der Waals surface area contributed by atoms with Gasteiger partial charge in [-0.1, -0.05) is 0 Å². The van der Waals surface area contributed by atoms with Gasteiger partial charge in [0.1, 0.15) is 16.5 Å². The maximum Gasteiger partial charge on any atom is 0.246 e. The van der Waals surface area contributed by atoms with Gasteiger partial charge in [0, 0.05) is 36.3 Å². The van der Waals surface area contributed by atoms with Crippen molar-refractivity contribution in [3.8, 4) is 5.75 Å². The largest absolute Gasteiger partial charge is 0.495 e. The molecule has 0 amide bonds. The number of hydrogen-bond acceptors (Lipinski definition) is 5. The molecule has 1 aromatic carbocycles. The lowest BCUT2D eigenvalue weighted by Gasteiger charge is -2.31. The van der Waals surface area contributed by atoms with Crippen molar-refractivity contribution in [2.45, 2.75) is 23.7 Å². The number of methoxy groups -OCH3 is 1. The SMILES string of the molecule is COc1ccc(F)cc1S(=O)(=O)N1CCC(c2ccc3cccnc3n2)CC1. The zero-order chi connectivity index (χ0) is 19.7. The minimum atomic E-state index is -3.83. The Balaban J connectivity index is 1.54. The number of benzene rings is 1. The molecule has 2 aromatic heterocycles. The third-order valence-electron chi connectivity index (χ3n) is 5.10. The van der Waals surface area contributed by atoms with Crippen LogP contribution in [0, 0.1) is 5.82 Å². The molecule has 1 aliphatic heterocycles. The molecule has 1 aliphatic rings. The molecule has 1 fully saturated rings. The molecule has 3 heterocycles. The van der Waals surface area contributed by atoms with Crippen LogP contribution in [0.25, 0.3) is 11.0 Å². The number of halogens is 1. The molecule has 0 saturated carbocycles. The van der Waals surface area contributed by atoms with Crippen LogP contribution in [0.3, 0.4) is 0 Å². The minimum absolute atomic E-state index is 0.138. The summed E-state index contributed by atoms with van der Waals surface area (Å²) in [6.45, 7) is 0.684. The van der Waals surface area contributed by atoms with E-state index in [0.717, 1.165) is 17.1 Å². The molecule has 4 rings (SSSR count). The van der Waals surface area contributed by atoms with Gasteiger partial charge in [-0.15, -0.1) is 0 Å². The number of piperidine rings is 1. The number of pyridine rings is 2. The van der Waals surface area contributed by atoms with E-state index in [1.807, 2.05) is 24.3 Å². The van der Waals surface area contributed by atoms with E-state index < -0.39 is 15.8 Å². The molecule has 0 unspecified atom stereocenters. The van der Waals surface area contributed by atoms with Gasteiger partial charge in [-0.05, 0) is 55.3 Å². The van der Waals surface area contributed by atoms with Crippen molar-refractivity contribution in [3.05, 3.63) is 60.2 Å². The predicted molar refractivity (Wildman–Crippen MR) is 103 cm³/mol. The zero-order valence-corrected chi connectivity index (χ0v) is 16.2. The van der Waals surface area contributed by atoms with Crippen LogP contribution < -0.4 is 4.74 Å². The third-order valence-corrected chi connectivity index (χ3v) is 7.02. The topological polar surface area (TPSA) is 72.4 Å². The van der Waals surface area contributed by atoms with Gasteiger partial charge in [-0.25, -0.2) is 22.8 Å². The van der Waals surface area contributed by atoms with E-state index in [2.05, 4.69) is 9.97 Å². The number of ether oxygens (including phenoxy) is 1. The second kappa shape index (κ2) is 7.44. The fourth-order valence-corrected chi connectivity index (χ4v) is 5.21. The second-order valence-corrected chi connectivity index (χ2v) is 8.67. The van der Waals surface area contributed by atoms with Crippen molar-refractivity contribution in [2.75, 3.05) is 20.2 Å². The molecule has 0 radical (unpaired) electrons. The first kappa shape index (κ1) is 18.8. The van der Waals surface area contributed by atoms with Crippen LogP contribution in [0.1, 0.15) is 24.5 Å². The summed E-state index contributed by atoms with van der Waals surface area (Å²) in [7, 11) is -2.46. The molecule has 0 N–H and O–H groups in total. The average Bonchev–Trinajstić information content (AvgIpc) is 2.73. The number of fused-ring (bicyclic) bond motifs is 1. The van der Waals surface area contributed by atoms with E-state index >= 15 is 0 Å². The van der Waals surface area contributed by atoms with Gasteiger partial charge in [0.25, 0.3) is 0 Å². The van der Waals surface area contributed by atoms with Crippen molar-refractivity contribution in [1.29, 1.82) is 0 Å². The zero-order valence-electron chi connectivity index (χ0n) is 15.4. The van der Waals surface area contributed by atoms with Crippen molar-refractivity contribution >= 4 is 21.1 Å². The molecular weight excluding hydrogens is 381 g/mol. The molecule has 0 bridgehead atoms. The summed E-state index contributed by atoms with van der Waals surface area (Å²) in [6, 6.07) is 11.3. The predicted octanol–water partition coefficient (Wildman–Crippen LogP) is 3.35. The van der Waals surface area contributed by atoms with Crippen molar-refractivity contribution in [3.63, 3.8) is 0 Å². The molecule has 146 valence electrons. The molecule has 0 spiro atoms. The van der Waals surface area contributed by atoms with Crippen molar-refractivity contribution in [1.82, 2.24) is 14.3 Å². The van der Waals surface area contributed by atoms with Gasteiger partial charge >= 0.3 is 0 Å². The average molecular weight is 401 g/mol. The maximum atomic E-state index is 13.6. The van der Waals surface area contributed by atoms with Crippen LogP contribution in [0.15, 0.2) is 53.6 Å². The number of sulfonamides is 1. The highest BCUT2D eigenvalue weighted by Crippen LogP contribution is 2.33. The van der Waals surface area contributed by atoms with Crippen LogP contribution in [-0.4, -0.2) is 42.9 Å². The van der Waals surface area contributed by atoms with E-state index in [-0.39, 0.29) is 16.6 Å². The normalized spacial score (nSPS) is 16.4. The summed E-state index contributed by atoms with van der Waals surface area (Å²) >= 11 is 0. The summed E-state index contributed by atoms with van der Waals surface area (Å²) in [4.78, 5) is 8.79. The minimum Gasteiger partial charge on any atom is -0.495 e. The molecule has 6 nitrogen and oxygen atoms in total. The Hall–Kier alpha value is -2.58. The molecule has 8 heteroatoms. The summed E-state index contributed by atoms with van der Waals surface area (Å²) < 4.78 is 46.1. The number of aromatic nitrogens is 2. The Morgan fingerprint density at radius 2 is 1.93 bits per heavy atom. The van der Waals surface area contributed by atoms with Crippen LogP contribution >= 0.6 is 0 Å². The van der Waals surface area contributed by atoms with E-state index in [0.29, 0.717) is 31.6 Å².